The summed E-state index contributed by atoms with van der Waals surface area (Å²) in [5.41, 5.74) is 1.58. The third-order valence-corrected chi connectivity index (χ3v) is 2.83. The fourth-order valence-corrected chi connectivity index (χ4v) is 1.99. The molecule has 8 nitrogen and oxygen atoms in total. The summed E-state index contributed by atoms with van der Waals surface area (Å²) in [6, 6.07) is 7.31. The number of H-pyrrole nitrogens is 1. The average molecular weight is 258 g/mol. The Morgan fingerprint density at radius 3 is 3.00 bits per heavy atom. The zero-order valence-electron chi connectivity index (χ0n) is 9.83. The topological polar surface area (TPSA) is 104 Å². The molecule has 2 amide bonds. The summed E-state index contributed by atoms with van der Waals surface area (Å²) in [5.74, 6) is -0.407. The van der Waals surface area contributed by atoms with Gasteiger partial charge in [-0.05, 0) is 16.8 Å². The van der Waals surface area contributed by atoms with Crippen LogP contribution in [0.25, 0.3) is 0 Å². The van der Waals surface area contributed by atoms with E-state index in [1.165, 1.54) is 4.90 Å². The van der Waals surface area contributed by atoms with Gasteiger partial charge in [0.2, 0.25) is 5.91 Å². The van der Waals surface area contributed by atoms with Crippen molar-refractivity contribution in [1.29, 1.82) is 0 Å². The summed E-state index contributed by atoms with van der Waals surface area (Å²) in [6.45, 7) is 0.400. The summed E-state index contributed by atoms with van der Waals surface area (Å²) in [4.78, 5) is 25.2. The number of rotatable bonds is 3. The Kier molecular flexibility index (Phi) is 2.67. The van der Waals surface area contributed by atoms with Crippen molar-refractivity contribution in [1.82, 2.24) is 25.5 Å². The van der Waals surface area contributed by atoms with Gasteiger partial charge in [-0.25, -0.2) is 0 Å². The lowest BCUT2D eigenvalue weighted by Crippen LogP contribution is -2.33. The van der Waals surface area contributed by atoms with Crippen molar-refractivity contribution in [3.63, 3.8) is 0 Å². The highest BCUT2D eigenvalue weighted by molar-refractivity contribution is 6.01. The van der Waals surface area contributed by atoms with Crippen LogP contribution in [-0.2, 0) is 11.3 Å². The Morgan fingerprint density at radius 1 is 1.42 bits per heavy atom. The Hall–Kier alpha value is -2.77. The number of carbonyl (C=O) groups excluding carboxylic acids is 2. The monoisotopic (exact) mass is 258 g/mol. The molecule has 2 aromatic rings. The van der Waals surface area contributed by atoms with Crippen LogP contribution < -0.4 is 5.32 Å². The van der Waals surface area contributed by atoms with Gasteiger partial charge in [-0.3, -0.25) is 14.9 Å². The third kappa shape index (κ3) is 2.15. The lowest BCUT2D eigenvalue weighted by Gasteiger charge is -2.13. The van der Waals surface area contributed by atoms with E-state index in [2.05, 4.69) is 25.9 Å². The van der Waals surface area contributed by atoms with E-state index in [1.54, 1.807) is 12.1 Å². The molecule has 1 aromatic carbocycles. The predicted octanol–water partition coefficient (Wildman–Crippen LogP) is -0.206. The minimum atomic E-state index is -0.359. The first-order valence-corrected chi connectivity index (χ1v) is 5.64. The van der Waals surface area contributed by atoms with Crippen LogP contribution >= 0.6 is 0 Å². The van der Waals surface area contributed by atoms with E-state index in [9.17, 15) is 9.59 Å². The molecule has 0 aliphatic carbocycles. The molecule has 2 N–H and O–H groups in total. The van der Waals surface area contributed by atoms with Crippen molar-refractivity contribution in [2.75, 3.05) is 11.9 Å². The number of hydrogen-bond acceptors (Lipinski definition) is 5. The highest BCUT2D eigenvalue weighted by atomic mass is 16.2. The summed E-state index contributed by atoms with van der Waals surface area (Å²) in [6.07, 6.45) is 0. The Morgan fingerprint density at radius 2 is 2.26 bits per heavy atom. The van der Waals surface area contributed by atoms with E-state index >= 15 is 0 Å². The highest BCUT2D eigenvalue weighted by Gasteiger charge is 2.28. The van der Waals surface area contributed by atoms with Gasteiger partial charge in [-0.1, -0.05) is 23.3 Å². The lowest BCUT2D eigenvalue weighted by atomic mass is 10.1. The maximum absolute atomic E-state index is 12.0. The summed E-state index contributed by atoms with van der Waals surface area (Å²) in [7, 11) is 0. The molecule has 1 aliphatic rings. The molecule has 0 saturated heterocycles. The minimum absolute atomic E-state index is 0.0396. The molecule has 8 heteroatoms. The van der Waals surface area contributed by atoms with Gasteiger partial charge in [0, 0.05) is 12.1 Å². The molecule has 0 fully saturated rings. The molecule has 3 rings (SSSR count). The zero-order valence-corrected chi connectivity index (χ0v) is 9.83. The normalized spacial score (nSPS) is 13.5. The van der Waals surface area contributed by atoms with Crippen molar-refractivity contribution in [2.45, 2.75) is 6.54 Å². The first-order valence-electron chi connectivity index (χ1n) is 5.64. The van der Waals surface area contributed by atoms with E-state index in [0.717, 1.165) is 5.56 Å². The lowest BCUT2D eigenvalue weighted by molar-refractivity contribution is -0.117. The number of aromatic amines is 1. The van der Waals surface area contributed by atoms with Crippen molar-refractivity contribution in [3.8, 4) is 0 Å². The summed E-state index contributed by atoms with van der Waals surface area (Å²) >= 11 is 0. The average Bonchev–Trinajstić information content (AvgIpc) is 3.00. The number of amides is 2. The molecular formula is C11H10N6O2. The molecule has 0 bridgehead atoms. The number of anilines is 1. The predicted molar refractivity (Wildman–Crippen MR) is 64.0 cm³/mol. The van der Waals surface area contributed by atoms with Crippen molar-refractivity contribution >= 4 is 17.8 Å². The Balaban J connectivity index is 1.66. The largest absolute Gasteiger partial charge is 0.325 e. The van der Waals surface area contributed by atoms with Crippen LogP contribution in [0.4, 0.5) is 5.95 Å². The molecule has 19 heavy (non-hydrogen) atoms. The molecule has 96 valence electrons. The molecule has 0 spiro atoms. The molecular weight excluding hydrogens is 248 g/mol. The molecule has 1 aromatic heterocycles. The van der Waals surface area contributed by atoms with Gasteiger partial charge in [0.15, 0.2) is 0 Å². The fourth-order valence-electron chi connectivity index (χ4n) is 1.99. The quantitative estimate of drug-likeness (QED) is 0.793. The Labute approximate surface area is 107 Å². The van der Waals surface area contributed by atoms with Gasteiger partial charge in [0.05, 0.1) is 0 Å². The highest BCUT2D eigenvalue weighted by Crippen LogP contribution is 2.21. The number of fused-ring (bicyclic) bond motifs is 1. The van der Waals surface area contributed by atoms with Crippen LogP contribution in [0.2, 0.25) is 0 Å². The maximum Gasteiger partial charge on any atom is 0.269 e. The number of nitrogens with zero attached hydrogens (tertiary/aromatic N) is 4. The van der Waals surface area contributed by atoms with Gasteiger partial charge in [-0.15, -0.1) is 5.10 Å². The third-order valence-electron chi connectivity index (χ3n) is 2.83. The van der Waals surface area contributed by atoms with E-state index in [0.29, 0.717) is 12.1 Å². The molecule has 0 radical (unpaired) electrons. The molecule has 0 unspecified atom stereocenters. The minimum Gasteiger partial charge on any atom is -0.325 e. The summed E-state index contributed by atoms with van der Waals surface area (Å²) in [5, 5.41) is 15.2. The van der Waals surface area contributed by atoms with Gasteiger partial charge in [0.25, 0.3) is 11.9 Å². The summed E-state index contributed by atoms with van der Waals surface area (Å²) < 4.78 is 0. The van der Waals surface area contributed by atoms with Gasteiger partial charge in [-0.2, -0.15) is 5.21 Å². The smallest absolute Gasteiger partial charge is 0.269 e. The van der Waals surface area contributed by atoms with Crippen LogP contribution in [0, 0.1) is 0 Å². The van der Waals surface area contributed by atoms with Crippen LogP contribution in [0.15, 0.2) is 24.3 Å². The fraction of sp³-hybridized carbons (Fsp3) is 0.182. The van der Waals surface area contributed by atoms with Crippen LogP contribution in [0.5, 0.6) is 0 Å². The van der Waals surface area contributed by atoms with Crippen LogP contribution in [-0.4, -0.2) is 43.9 Å². The second-order valence-electron chi connectivity index (χ2n) is 4.10. The van der Waals surface area contributed by atoms with E-state index in [1.807, 2.05) is 12.1 Å². The SMILES string of the molecule is O=C(CN1Cc2ccccc2C1=O)Nc1nn[nH]n1. The van der Waals surface area contributed by atoms with Gasteiger partial charge >= 0.3 is 0 Å². The number of benzene rings is 1. The number of aromatic nitrogens is 4. The van der Waals surface area contributed by atoms with Crippen molar-refractivity contribution in [3.05, 3.63) is 35.4 Å². The zero-order chi connectivity index (χ0) is 13.2. The standard InChI is InChI=1S/C11H10N6O2/c18-9(12-11-13-15-16-14-11)6-17-5-7-3-1-2-4-8(7)10(17)19/h1-4H,5-6H2,(H2,12,13,14,15,16,18). The molecule has 2 heterocycles. The second kappa shape index (κ2) is 4.48. The van der Waals surface area contributed by atoms with E-state index in [-0.39, 0.29) is 24.3 Å². The van der Waals surface area contributed by atoms with Gasteiger partial charge < -0.3 is 4.90 Å². The molecule has 1 aliphatic heterocycles. The number of carbonyl (C=O) groups is 2. The van der Waals surface area contributed by atoms with Crippen LogP contribution in [0.1, 0.15) is 15.9 Å². The number of nitrogens with one attached hydrogen (secondary N) is 2. The number of tetrazole rings is 1. The van der Waals surface area contributed by atoms with Crippen molar-refractivity contribution in [2.24, 2.45) is 0 Å². The number of hydrogen-bond donors (Lipinski definition) is 2. The Bertz CT molecular complexity index is 624. The van der Waals surface area contributed by atoms with E-state index in [4.69, 9.17) is 0 Å². The molecule has 0 atom stereocenters. The van der Waals surface area contributed by atoms with E-state index < -0.39 is 0 Å². The van der Waals surface area contributed by atoms with Crippen molar-refractivity contribution < 1.29 is 9.59 Å². The first kappa shape index (κ1) is 11.3. The second-order valence-corrected chi connectivity index (χ2v) is 4.10. The first-order chi connectivity index (χ1) is 9.24. The van der Waals surface area contributed by atoms with Crippen LogP contribution in [0.3, 0.4) is 0 Å². The van der Waals surface area contributed by atoms with Gasteiger partial charge in [0.1, 0.15) is 6.54 Å². The maximum atomic E-state index is 12.0. The molecule has 0 saturated carbocycles.